The summed E-state index contributed by atoms with van der Waals surface area (Å²) in [4.78, 5) is 45.9. The van der Waals surface area contributed by atoms with Crippen LogP contribution in [0.3, 0.4) is 0 Å². The number of aryl methyl sites for hydroxylation is 2. The quantitative estimate of drug-likeness (QED) is 0.124. The lowest BCUT2D eigenvalue weighted by molar-refractivity contribution is 0.0963. The Balaban J connectivity index is 1.54. The van der Waals surface area contributed by atoms with Gasteiger partial charge in [0.15, 0.2) is 5.96 Å². The zero-order chi connectivity index (χ0) is 29.5. The van der Waals surface area contributed by atoms with Crippen LogP contribution in [0.5, 0.6) is 5.75 Å². The van der Waals surface area contributed by atoms with Gasteiger partial charge in [-0.2, -0.15) is 15.3 Å². The minimum Gasteiger partial charge on any atom is -0.494 e. The highest BCUT2D eigenvalue weighted by Crippen LogP contribution is 2.30. The molecule has 0 spiro atoms. The van der Waals surface area contributed by atoms with Crippen LogP contribution in [0, 0.1) is 6.92 Å². The topological polar surface area (TPSA) is 210 Å². The summed E-state index contributed by atoms with van der Waals surface area (Å²) in [5, 5.41) is 17.0. The van der Waals surface area contributed by atoms with Crippen LogP contribution in [0.25, 0.3) is 11.0 Å². The van der Waals surface area contributed by atoms with Crippen LogP contribution in [-0.4, -0.2) is 66.9 Å². The standard InChI is InChI=1S/C26H29N11O4/c1-4-37-19(11-15(2)35-37)24(40)33-25(28)29-8-5-6-10-36-21-18(12-17(22(27)38)13-20(21)41-3)32-26(36)34-23(39)16-7-9-30-31-14-16/h5-7,9,11-14H,4,8,10H2,1-3H3,(H2,27,38)(H,32,34,39)(H3,28,29,33,40)/b6-5+. The van der Waals surface area contributed by atoms with E-state index in [-0.39, 0.29) is 36.1 Å². The lowest BCUT2D eigenvalue weighted by atomic mass is 10.1. The lowest BCUT2D eigenvalue weighted by Gasteiger charge is -2.10. The van der Waals surface area contributed by atoms with E-state index in [2.05, 4.69) is 35.9 Å². The number of methoxy groups -OCH3 is 1. The number of amides is 3. The Morgan fingerprint density at radius 3 is 2.59 bits per heavy atom. The predicted molar refractivity (Wildman–Crippen MR) is 151 cm³/mol. The first-order chi connectivity index (χ1) is 19.7. The Labute approximate surface area is 234 Å². The molecule has 212 valence electrons. The van der Waals surface area contributed by atoms with Crippen molar-refractivity contribution in [2.45, 2.75) is 26.9 Å². The predicted octanol–water partition coefficient (Wildman–Crippen LogP) is 1.01. The number of anilines is 1. The molecule has 0 saturated heterocycles. The number of ether oxygens (including phenoxy) is 1. The van der Waals surface area contributed by atoms with Gasteiger partial charge in [-0.05, 0) is 38.1 Å². The van der Waals surface area contributed by atoms with E-state index in [0.29, 0.717) is 29.0 Å². The van der Waals surface area contributed by atoms with Gasteiger partial charge in [0.1, 0.15) is 17.0 Å². The molecule has 0 atom stereocenters. The summed E-state index contributed by atoms with van der Waals surface area (Å²) in [5.74, 6) is -1.02. The van der Waals surface area contributed by atoms with Gasteiger partial charge < -0.3 is 20.8 Å². The number of nitrogens with zero attached hydrogens (tertiary/aromatic N) is 7. The second-order valence-electron chi connectivity index (χ2n) is 8.68. The lowest BCUT2D eigenvalue weighted by Crippen LogP contribution is -2.38. The third kappa shape index (κ3) is 6.52. The molecule has 0 aliphatic rings. The molecule has 0 aliphatic carbocycles. The van der Waals surface area contributed by atoms with E-state index < -0.39 is 17.7 Å². The molecule has 3 heterocycles. The van der Waals surface area contributed by atoms with Gasteiger partial charge in [-0.25, -0.2) is 9.98 Å². The van der Waals surface area contributed by atoms with Crippen LogP contribution in [0.15, 0.2) is 53.8 Å². The molecule has 4 rings (SSSR count). The number of hydrogen-bond acceptors (Lipinski definition) is 9. The van der Waals surface area contributed by atoms with Crippen LogP contribution in [-0.2, 0) is 13.1 Å². The molecule has 4 aromatic rings. The average Bonchev–Trinajstić information content (AvgIpc) is 3.52. The van der Waals surface area contributed by atoms with E-state index in [1.54, 1.807) is 34.4 Å². The van der Waals surface area contributed by atoms with Crippen molar-refractivity contribution in [1.29, 1.82) is 0 Å². The Kier molecular flexibility index (Phi) is 8.66. The Hall–Kier alpha value is -5.60. The van der Waals surface area contributed by atoms with E-state index in [1.807, 2.05) is 6.92 Å². The molecule has 15 nitrogen and oxygen atoms in total. The number of allylic oxidation sites excluding steroid dienone is 1. The van der Waals surface area contributed by atoms with Gasteiger partial charge in [0, 0.05) is 18.7 Å². The number of aliphatic imine (C=N–C) groups is 1. The summed E-state index contributed by atoms with van der Waals surface area (Å²) in [6.07, 6.45) is 6.23. The van der Waals surface area contributed by atoms with Crippen LogP contribution >= 0.6 is 0 Å². The number of guanidine groups is 1. The highest BCUT2D eigenvalue weighted by atomic mass is 16.5. The maximum Gasteiger partial charge on any atom is 0.276 e. The van der Waals surface area contributed by atoms with Crippen LogP contribution in [0.2, 0.25) is 0 Å². The van der Waals surface area contributed by atoms with Crippen molar-refractivity contribution < 1.29 is 19.1 Å². The maximum absolute atomic E-state index is 12.8. The maximum atomic E-state index is 12.8. The Morgan fingerprint density at radius 1 is 1.10 bits per heavy atom. The molecular formula is C26H29N11O4. The van der Waals surface area contributed by atoms with Gasteiger partial charge >= 0.3 is 0 Å². The number of imidazole rings is 1. The van der Waals surface area contributed by atoms with E-state index in [9.17, 15) is 14.4 Å². The summed E-state index contributed by atoms with van der Waals surface area (Å²) in [5.41, 5.74) is 13.9. The summed E-state index contributed by atoms with van der Waals surface area (Å²) >= 11 is 0. The number of carbonyl (C=O) groups excluding carboxylic acids is 3. The van der Waals surface area contributed by atoms with Crippen molar-refractivity contribution in [3.05, 3.63) is 71.3 Å². The highest BCUT2D eigenvalue weighted by Gasteiger charge is 2.19. The van der Waals surface area contributed by atoms with Crippen molar-refractivity contribution in [2.75, 3.05) is 19.0 Å². The SMILES string of the molecule is CCn1nc(C)cc1C(=O)NC(N)=NC/C=C/Cn1c(NC(=O)c2ccnnc2)nc2cc(C(N)=O)cc(OC)c21. The van der Waals surface area contributed by atoms with Crippen molar-refractivity contribution in [3.8, 4) is 5.75 Å². The molecule has 6 N–H and O–H groups in total. The highest BCUT2D eigenvalue weighted by molar-refractivity contribution is 6.05. The number of hydrogen-bond donors (Lipinski definition) is 4. The van der Waals surface area contributed by atoms with Gasteiger partial charge in [0.05, 0.1) is 42.8 Å². The third-order valence-corrected chi connectivity index (χ3v) is 5.88. The average molecular weight is 560 g/mol. The second-order valence-corrected chi connectivity index (χ2v) is 8.68. The van der Waals surface area contributed by atoms with Gasteiger partial charge in [-0.1, -0.05) is 12.2 Å². The number of carbonyl (C=O) groups is 3. The van der Waals surface area contributed by atoms with Crippen molar-refractivity contribution >= 4 is 40.7 Å². The number of fused-ring (bicyclic) bond motifs is 1. The fourth-order valence-corrected chi connectivity index (χ4v) is 3.99. The smallest absolute Gasteiger partial charge is 0.276 e. The summed E-state index contributed by atoms with van der Waals surface area (Å²) in [6.45, 7) is 4.63. The number of benzene rings is 1. The summed E-state index contributed by atoms with van der Waals surface area (Å²) < 4.78 is 8.78. The molecule has 0 aliphatic heterocycles. The molecule has 0 bridgehead atoms. The van der Waals surface area contributed by atoms with E-state index in [1.165, 1.54) is 37.7 Å². The van der Waals surface area contributed by atoms with Crippen LogP contribution in [0.4, 0.5) is 5.95 Å². The molecule has 15 heteroatoms. The zero-order valence-electron chi connectivity index (χ0n) is 22.7. The van der Waals surface area contributed by atoms with Crippen LogP contribution < -0.4 is 26.8 Å². The molecule has 3 aromatic heterocycles. The zero-order valence-corrected chi connectivity index (χ0v) is 22.7. The fraction of sp³-hybridized carbons (Fsp3) is 0.231. The molecule has 1 aromatic carbocycles. The van der Waals surface area contributed by atoms with E-state index >= 15 is 0 Å². The molecule has 3 amide bonds. The Morgan fingerprint density at radius 2 is 1.90 bits per heavy atom. The molecule has 0 radical (unpaired) electrons. The molecule has 0 saturated carbocycles. The number of rotatable bonds is 10. The van der Waals surface area contributed by atoms with Gasteiger partial charge in [0.2, 0.25) is 11.9 Å². The first kappa shape index (κ1) is 28.4. The Bertz CT molecular complexity index is 1650. The minimum absolute atomic E-state index is 0.0474. The number of nitrogens with two attached hydrogens (primary N) is 2. The summed E-state index contributed by atoms with van der Waals surface area (Å²) in [7, 11) is 1.45. The second kappa shape index (κ2) is 12.5. The number of primary amides is 1. The first-order valence-corrected chi connectivity index (χ1v) is 12.5. The van der Waals surface area contributed by atoms with Gasteiger partial charge in [-0.15, -0.1) is 0 Å². The monoisotopic (exact) mass is 559 g/mol. The number of nitrogens with one attached hydrogen (secondary N) is 2. The normalized spacial score (nSPS) is 11.6. The summed E-state index contributed by atoms with van der Waals surface area (Å²) in [6, 6.07) is 6.21. The fourth-order valence-electron chi connectivity index (χ4n) is 3.99. The van der Waals surface area contributed by atoms with E-state index in [0.717, 1.165) is 5.69 Å². The van der Waals surface area contributed by atoms with Crippen molar-refractivity contribution in [2.24, 2.45) is 16.5 Å². The van der Waals surface area contributed by atoms with Crippen molar-refractivity contribution in [3.63, 3.8) is 0 Å². The first-order valence-electron chi connectivity index (χ1n) is 12.5. The van der Waals surface area contributed by atoms with Gasteiger partial charge in [-0.3, -0.25) is 29.7 Å². The number of aromatic nitrogens is 6. The largest absolute Gasteiger partial charge is 0.494 e. The van der Waals surface area contributed by atoms with Gasteiger partial charge in [0.25, 0.3) is 11.8 Å². The molecule has 41 heavy (non-hydrogen) atoms. The minimum atomic E-state index is -0.648. The molecular weight excluding hydrogens is 530 g/mol. The van der Waals surface area contributed by atoms with Crippen molar-refractivity contribution in [1.82, 2.24) is 34.8 Å². The molecule has 0 fully saturated rings. The molecule has 0 unspecified atom stereocenters. The van der Waals surface area contributed by atoms with Crippen LogP contribution in [0.1, 0.15) is 43.8 Å². The third-order valence-electron chi connectivity index (χ3n) is 5.88. The van der Waals surface area contributed by atoms with E-state index in [4.69, 9.17) is 16.2 Å².